The molecule has 11 aromatic carbocycles. The summed E-state index contributed by atoms with van der Waals surface area (Å²) in [4.78, 5) is 8.91. The summed E-state index contributed by atoms with van der Waals surface area (Å²) in [5.41, 5.74) is 16.9. The van der Waals surface area contributed by atoms with Crippen molar-refractivity contribution in [3.05, 3.63) is 271 Å². The standard InChI is InChI=1S/C69H46N6/c1-69(2)59-31-19-18-30-54(59)55-41-57-56-39-51(72(47-21-8-4-9-22-47)48-23-10-5-11-24-48)33-36-62(56)75(66(57)42-60(55)69)65-43-61(71-3)67(38-46(65)44-70)74-63-37-34-52(73(49-25-12-6-13-26-49)50-27-14-7-15-28-50)40-58(63)68-53-29-17-16-20-45(53)32-35-64(68)74/h4-43H,1-2H3. The minimum absolute atomic E-state index is 0.270. The van der Waals surface area contributed by atoms with Crippen LogP contribution >= 0.6 is 0 Å². The zero-order valence-electron chi connectivity index (χ0n) is 41.3. The molecule has 0 amide bonds. The molecule has 13 aromatic rings. The molecule has 14 rings (SSSR count). The predicted octanol–water partition coefficient (Wildman–Crippen LogP) is 18.7. The van der Waals surface area contributed by atoms with Gasteiger partial charge in [0, 0.05) is 61.1 Å². The van der Waals surface area contributed by atoms with Gasteiger partial charge < -0.3 is 18.9 Å². The van der Waals surface area contributed by atoms with E-state index in [9.17, 15) is 5.26 Å². The number of anilines is 6. The Morgan fingerprint density at radius 1 is 0.413 bits per heavy atom. The van der Waals surface area contributed by atoms with Crippen molar-refractivity contribution in [2.75, 3.05) is 9.80 Å². The summed E-state index contributed by atoms with van der Waals surface area (Å²) >= 11 is 0. The quantitative estimate of drug-likeness (QED) is 0.143. The molecule has 0 aliphatic heterocycles. The zero-order chi connectivity index (χ0) is 50.4. The van der Waals surface area contributed by atoms with E-state index in [-0.39, 0.29) is 5.41 Å². The average molecular weight is 959 g/mol. The minimum atomic E-state index is -0.270. The van der Waals surface area contributed by atoms with Gasteiger partial charge in [-0.25, -0.2) is 4.85 Å². The van der Waals surface area contributed by atoms with Crippen LogP contribution in [0.5, 0.6) is 0 Å². The van der Waals surface area contributed by atoms with Crippen LogP contribution in [0.1, 0.15) is 30.5 Å². The smallest absolute Gasteiger partial charge is 0.212 e. The van der Waals surface area contributed by atoms with Crippen molar-refractivity contribution < 1.29 is 0 Å². The van der Waals surface area contributed by atoms with Crippen LogP contribution in [-0.4, -0.2) is 9.13 Å². The number of rotatable bonds is 8. The van der Waals surface area contributed by atoms with E-state index in [1.165, 1.54) is 22.3 Å². The number of nitrogens with zero attached hydrogens (tertiary/aromatic N) is 6. The number of benzene rings is 11. The van der Waals surface area contributed by atoms with Crippen LogP contribution in [-0.2, 0) is 5.41 Å². The van der Waals surface area contributed by atoms with Gasteiger partial charge in [-0.05, 0) is 148 Å². The maximum absolute atomic E-state index is 11.5. The zero-order valence-corrected chi connectivity index (χ0v) is 41.3. The third-order valence-corrected chi connectivity index (χ3v) is 15.5. The molecule has 2 aromatic heterocycles. The van der Waals surface area contributed by atoms with E-state index in [1.54, 1.807) is 0 Å². The molecular formula is C69H46N6. The van der Waals surface area contributed by atoms with Crippen LogP contribution < -0.4 is 9.80 Å². The van der Waals surface area contributed by atoms with Gasteiger partial charge in [0.2, 0.25) is 5.69 Å². The fraction of sp³-hybridized carbons (Fsp3) is 0.0435. The largest absolute Gasteiger partial charge is 0.319 e. The van der Waals surface area contributed by atoms with Gasteiger partial charge in [0.15, 0.2) is 0 Å². The fourth-order valence-electron chi connectivity index (χ4n) is 12.1. The van der Waals surface area contributed by atoms with Crippen molar-refractivity contribution >= 4 is 94.2 Å². The summed E-state index contributed by atoms with van der Waals surface area (Å²) < 4.78 is 4.42. The summed E-state index contributed by atoms with van der Waals surface area (Å²) in [5, 5.41) is 18.0. The summed E-state index contributed by atoms with van der Waals surface area (Å²) in [5.74, 6) is 0. The van der Waals surface area contributed by atoms with E-state index in [1.807, 2.05) is 36.4 Å². The molecule has 6 nitrogen and oxygen atoms in total. The lowest BCUT2D eigenvalue weighted by Gasteiger charge is -2.25. The van der Waals surface area contributed by atoms with Gasteiger partial charge in [-0.15, -0.1) is 0 Å². The Kier molecular flexibility index (Phi) is 9.89. The Labute approximate surface area is 434 Å². The van der Waals surface area contributed by atoms with Gasteiger partial charge in [0.05, 0.1) is 45.6 Å². The molecule has 0 unspecified atom stereocenters. The first kappa shape index (κ1) is 43.6. The molecule has 0 radical (unpaired) electrons. The van der Waals surface area contributed by atoms with E-state index in [0.29, 0.717) is 22.6 Å². The van der Waals surface area contributed by atoms with Crippen LogP contribution in [0.2, 0.25) is 0 Å². The molecule has 0 N–H and O–H groups in total. The van der Waals surface area contributed by atoms with Gasteiger partial charge in [-0.2, -0.15) is 5.26 Å². The average Bonchev–Trinajstić information content (AvgIpc) is 4.05. The highest BCUT2D eigenvalue weighted by atomic mass is 15.1. The Hall–Kier alpha value is -10.1. The van der Waals surface area contributed by atoms with Gasteiger partial charge in [-0.3, -0.25) is 0 Å². The van der Waals surface area contributed by atoms with E-state index >= 15 is 0 Å². The first-order valence-corrected chi connectivity index (χ1v) is 25.3. The van der Waals surface area contributed by atoms with Gasteiger partial charge in [0.1, 0.15) is 6.07 Å². The van der Waals surface area contributed by atoms with Gasteiger partial charge in [-0.1, -0.05) is 141 Å². The Morgan fingerprint density at radius 2 is 0.920 bits per heavy atom. The lowest BCUT2D eigenvalue weighted by Crippen LogP contribution is -2.15. The summed E-state index contributed by atoms with van der Waals surface area (Å²) in [6, 6.07) is 87.9. The predicted molar refractivity (Wildman–Crippen MR) is 311 cm³/mol. The molecule has 75 heavy (non-hydrogen) atoms. The molecule has 0 saturated carbocycles. The first-order chi connectivity index (χ1) is 36.9. The second-order valence-electron chi connectivity index (χ2n) is 19.9. The van der Waals surface area contributed by atoms with E-state index in [4.69, 9.17) is 6.57 Å². The van der Waals surface area contributed by atoms with Crippen molar-refractivity contribution in [3.8, 4) is 28.6 Å². The number of hydrogen-bond acceptors (Lipinski definition) is 3. The van der Waals surface area contributed by atoms with Crippen LogP contribution in [0.3, 0.4) is 0 Å². The number of fused-ring (bicyclic) bond motifs is 11. The second kappa shape index (κ2) is 17.0. The van der Waals surface area contributed by atoms with Gasteiger partial charge >= 0.3 is 0 Å². The Bertz CT molecular complexity index is 4440. The Balaban J connectivity index is 1.02. The lowest BCUT2D eigenvalue weighted by atomic mass is 9.82. The topological polar surface area (TPSA) is 44.5 Å². The molecule has 0 saturated heterocycles. The monoisotopic (exact) mass is 958 g/mol. The molecule has 0 fully saturated rings. The molecule has 0 atom stereocenters. The molecule has 352 valence electrons. The maximum atomic E-state index is 11.5. The van der Waals surface area contributed by atoms with Crippen molar-refractivity contribution in [2.45, 2.75) is 19.3 Å². The van der Waals surface area contributed by atoms with Crippen molar-refractivity contribution in [1.82, 2.24) is 9.13 Å². The van der Waals surface area contributed by atoms with Gasteiger partial charge in [0.25, 0.3) is 0 Å². The second-order valence-corrected chi connectivity index (χ2v) is 19.9. The fourth-order valence-corrected chi connectivity index (χ4v) is 12.1. The lowest BCUT2D eigenvalue weighted by molar-refractivity contribution is 0.661. The molecular weight excluding hydrogens is 913 g/mol. The van der Waals surface area contributed by atoms with Crippen LogP contribution in [0.15, 0.2) is 243 Å². The van der Waals surface area contributed by atoms with E-state index < -0.39 is 0 Å². The highest BCUT2D eigenvalue weighted by molar-refractivity contribution is 6.22. The molecule has 1 aliphatic carbocycles. The van der Waals surface area contributed by atoms with Crippen LogP contribution in [0, 0.1) is 17.9 Å². The van der Waals surface area contributed by atoms with Crippen LogP contribution in [0.25, 0.3) is 81.7 Å². The maximum Gasteiger partial charge on any atom is 0.212 e. The molecule has 6 heteroatoms. The highest BCUT2D eigenvalue weighted by Crippen LogP contribution is 2.52. The normalized spacial score (nSPS) is 12.5. The number of nitriles is 1. The highest BCUT2D eigenvalue weighted by Gasteiger charge is 2.36. The third kappa shape index (κ3) is 6.71. The molecule has 0 bridgehead atoms. The molecule has 1 aliphatic rings. The van der Waals surface area contributed by atoms with Crippen molar-refractivity contribution in [1.29, 1.82) is 5.26 Å². The minimum Gasteiger partial charge on any atom is -0.319 e. The summed E-state index contributed by atoms with van der Waals surface area (Å²) in [6.07, 6.45) is 0. The van der Waals surface area contributed by atoms with E-state index in [2.05, 4.69) is 250 Å². The Morgan fingerprint density at radius 3 is 1.52 bits per heavy atom. The van der Waals surface area contributed by atoms with Crippen molar-refractivity contribution in [3.63, 3.8) is 0 Å². The number of hydrogen-bond donors (Lipinski definition) is 0. The summed E-state index contributed by atoms with van der Waals surface area (Å²) in [6.45, 7) is 13.6. The summed E-state index contributed by atoms with van der Waals surface area (Å²) in [7, 11) is 0. The SMILES string of the molecule is [C-]#[N+]c1cc(-n2c3ccc(N(c4ccccc4)c4ccccc4)cc3c3cc4c(cc32)C(C)(C)c2ccccc2-4)c(C#N)cc1-n1c2ccc(N(c3ccccc3)c3ccccc3)cc2c2c3ccccc3ccc21. The van der Waals surface area contributed by atoms with Crippen molar-refractivity contribution in [2.24, 2.45) is 0 Å². The molecule has 0 spiro atoms. The number of para-hydroxylation sites is 4. The number of aromatic nitrogens is 2. The van der Waals surface area contributed by atoms with Crippen LogP contribution in [0.4, 0.5) is 39.8 Å². The third-order valence-electron chi connectivity index (χ3n) is 15.5. The molecule has 2 heterocycles. The van der Waals surface area contributed by atoms with E-state index in [0.717, 1.165) is 88.5 Å². The first-order valence-electron chi connectivity index (χ1n) is 25.3.